The van der Waals surface area contributed by atoms with Crippen molar-refractivity contribution in [3.63, 3.8) is 0 Å². The summed E-state index contributed by atoms with van der Waals surface area (Å²) in [6.07, 6.45) is 2.14. The van der Waals surface area contributed by atoms with E-state index in [4.69, 9.17) is 0 Å². The van der Waals surface area contributed by atoms with Gasteiger partial charge in [0.05, 0.1) is 0 Å². The molecule has 0 atom stereocenters. The van der Waals surface area contributed by atoms with Gasteiger partial charge in [0.25, 0.3) is 0 Å². The van der Waals surface area contributed by atoms with Gasteiger partial charge in [0.1, 0.15) is 0 Å². The normalized spacial score (nSPS) is 12.5. The SMILES string of the molecule is CN=C(NCCN(C)Cc1ccccc1)NCC(C)(C)SC. The first-order valence-electron chi connectivity index (χ1n) is 7.69. The van der Waals surface area contributed by atoms with Crippen LogP contribution in [0.2, 0.25) is 0 Å². The summed E-state index contributed by atoms with van der Waals surface area (Å²) in [4.78, 5) is 6.58. The van der Waals surface area contributed by atoms with E-state index >= 15 is 0 Å². The van der Waals surface area contributed by atoms with Crippen molar-refractivity contribution in [1.29, 1.82) is 0 Å². The van der Waals surface area contributed by atoms with Crippen molar-refractivity contribution in [2.75, 3.05) is 40.0 Å². The highest BCUT2D eigenvalue weighted by atomic mass is 32.2. The lowest BCUT2D eigenvalue weighted by Gasteiger charge is -2.24. The summed E-state index contributed by atoms with van der Waals surface area (Å²) in [6, 6.07) is 10.5. The molecule has 0 unspecified atom stereocenters. The van der Waals surface area contributed by atoms with Gasteiger partial charge in [0.2, 0.25) is 0 Å². The van der Waals surface area contributed by atoms with Crippen LogP contribution in [-0.2, 0) is 6.54 Å². The molecule has 1 aromatic rings. The molecule has 22 heavy (non-hydrogen) atoms. The first-order chi connectivity index (χ1) is 10.5. The molecule has 0 aliphatic rings. The second-order valence-electron chi connectivity index (χ2n) is 6.04. The quantitative estimate of drug-likeness (QED) is 0.570. The molecule has 5 heteroatoms. The van der Waals surface area contributed by atoms with E-state index in [0.717, 1.165) is 32.1 Å². The minimum atomic E-state index is 0.210. The number of nitrogens with zero attached hydrogens (tertiary/aromatic N) is 2. The fourth-order valence-electron chi connectivity index (χ4n) is 1.93. The van der Waals surface area contributed by atoms with Crippen LogP contribution in [0.5, 0.6) is 0 Å². The molecule has 0 aromatic heterocycles. The Bertz CT molecular complexity index is 445. The van der Waals surface area contributed by atoms with E-state index in [2.05, 4.69) is 78.0 Å². The molecular formula is C17H30N4S. The average molecular weight is 323 g/mol. The average Bonchev–Trinajstić information content (AvgIpc) is 2.51. The van der Waals surface area contributed by atoms with E-state index in [1.165, 1.54) is 5.56 Å². The van der Waals surface area contributed by atoms with E-state index in [9.17, 15) is 0 Å². The summed E-state index contributed by atoms with van der Waals surface area (Å²) in [7, 11) is 3.96. The second-order valence-corrected chi connectivity index (χ2v) is 7.55. The molecule has 0 saturated carbocycles. The first kappa shape index (κ1) is 18.8. The first-order valence-corrected chi connectivity index (χ1v) is 8.91. The molecule has 0 amide bonds. The summed E-state index contributed by atoms with van der Waals surface area (Å²) in [5.74, 6) is 0.871. The van der Waals surface area contributed by atoms with E-state index in [0.29, 0.717) is 0 Å². The van der Waals surface area contributed by atoms with Crippen LogP contribution in [0.3, 0.4) is 0 Å². The molecule has 0 aliphatic heterocycles. The van der Waals surface area contributed by atoms with Gasteiger partial charge in [-0.05, 0) is 32.7 Å². The molecule has 0 fully saturated rings. The monoisotopic (exact) mass is 322 g/mol. The minimum Gasteiger partial charge on any atom is -0.355 e. The number of likely N-dealkylation sites (N-methyl/N-ethyl adjacent to an activating group) is 1. The molecule has 0 aliphatic carbocycles. The maximum atomic E-state index is 4.27. The molecule has 0 radical (unpaired) electrons. The molecule has 0 heterocycles. The number of hydrogen-bond acceptors (Lipinski definition) is 3. The molecule has 4 nitrogen and oxygen atoms in total. The van der Waals surface area contributed by atoms with E-state index < -0.39 is 0 Å². The molecule has 1 rings (SSSR count). The van der Waals surface area contributed by atoms with Gasteiger partial charge in [-0.15, -0.1) is 0 Å². The maximum absolute atomic E-state index is 4.27. The zero-order chi connectivity index (χ0) is 16.4. The lowest BCUT2D eigenvalue weighted by Crippen LogP contribution is -2.45. The number of rotatable bonds is 8. The van der Waals surface area contributed by atoms with Gasteiger partial charge >= 0.3 is 0 Å². The lowest BCUT2D eigenvalue weighted by molar-refractivity contribution is 0.331. The van der Waals surface area contributed by atoms with Crippen molar-refractivity contribution in [2.24, 2.45) is 4.99 Å². The smallest absolute Gasteiger partial charge is 0.191 e. The van der Waals surface area contributed by atoms with Gasteiger partial charge in [-0.3, -0.25) is 4.99 Å². The summed E-state index contributed by atoms with van der Waals surface area (Å²) >= 11 is 1.86. The van der Waals surface area contributed by atoms with Crippen LogP contribution in [0.1, 0.15) is 19.4 Å². The summed E-state index contributed by atoms with van der Waals surface area (Å²) in [6.45, 7) is 8.17. The Balaban J connectivity index is 2.26. The Hall–Kier alpha value is -1.20. The Labute approximate surface area is 139 Å². The molecule has 0 saturated heterocycles. The fraction of sp³-hybridized carbons (Fsp3) is 0.588. The van der Waals surface area contributed by atoms with Crippen molar-refractivity contribution in [1.82, 2.24) is 15.5 Å². The number of aliphatic imine (C=N–C) groups is 1. The highest BCUT2D eigenvalue weighted by Gasteiger charge is 2.15. The van der Waals surface area contributed by atoms with Crippen LogP contribution in [-0.4, -0.2) is 55.6 Å². The van der Waals surface area contributed by atoms with Crippen LogP contribution in [0.25, 0.3) is 0 Å². The zero-order valence-corrected chi connectivity index (χ0v) is 15.3. The van der Waals surface area contributed by atoms with Crippen molar-refractivity contribution in [2.45, 2.75) is 25.1 Å². The number of guanidine groups is 1. The van der Waals surface area contributed by atoms with Crippen LogP contribution < -0.4 is 10.6 Å². The highest BCUT2D eigenvalue weighted by molar-refractivity contribution is 7.99. The maximum Gasteiger partial charge on any atom is 0.191 e. The van der Waals surface area contributed by atoms with E-state index in [-0.39, 0.29) is 4.75 Å². The van der Waals surface area contributed by atoms with Crippen molar-refractivity contribution in [3.05, 3.63) is 35.9 Å². The molecule has 1 aromatic carbocycles. The topological polar surface area (TPSA) is 39.7 Å². The van der Waals surface area contributed by atoms with Gasteiger partial charge in [-0.25, -0.2) is 0 Å². The van der Waals surface area contributed by atoms with Gasteiger partial charge < -0.3 is 15.5 Å². The van der Waals surface area contributed by atoms with Crippen molar-refractivity contribution in [3.8, 4) is 0 Å². The predicted molar refractivity (Wildman–Crippen MR) is 99.7 cm³/mol. The molecule has 0 spiro atoms. The Morgan fingerprint density at radius 2 is 1.91 bits per heavy atom. The minimum absolute atomic E-state index is 0.210. The van der Waals surface area contributed by atoms with Crippen LogP contribution in [0.15, 0.2) is 35.3 Å². The number of nitrogens with one attached hydrogen (secondary N) is 2. The van der Waals surface area contributed by atoms with Gasteiger partial charge in [-0.1, -0.05) is 30.3 Å². The Morgan fingerprint density at radius 3 is 2.50 bits per heavy atom. The Kier molecular flexibility index (Phi) is 8.35. The third kappa shape index (κ3) is 7.71. The number of hydrogen-bond donors (Lipinski definition) is 2. The van der Waals surface area contributed by atoms with Gasteiger partial charge in [-0.2, -0.15) is 11.8 Å². The van der Waals surface area contributed by atoms with Gasteiger partial charge in [0.15, 0.2) is 5.96 Å². The third-order valence-corrected chi connectivity index (χ3v) is 4.79. The lowest BCUT2D eigenvalue weighted by atomic mass is 10.2. The zero-order valence-electron chi connectivity index (χ0n) is 14.5. The van der Waals surface area contributed by atoms with Crippen molar-refractivity contribution < 1.29 is 0 Å². The molecule has 0 bridgehead atoms. The molecule has 2 N–H and O–H groups in total. The second kappa shape index (κ2) is 9.74. The van der Waals surface area contributed by atoms with Gasteiger partial charge in [0, 0.05) is 38.0 Å². The number of thioether (sulfide) groups is 1. The highest BCUT2D eigenvalue weighted by Crippen LogP contribution is 2.19. The van der Waals surface area contributed by atoms with Crippen LogP contribution in [0.4, 0.5) is 0 Å². The summed E-state index contributed by atoms with van der Waals surface area (Å²) in [5, 5.41) is 6.75. The Morgan fingerprint density at radius 1 is 1.23 bits per heavy atom. The molecule has 124 valence electrons. The summed E-state index contributed by atoms with van der Waals surface area (Å²) in [5.41, 5.74) is 1.34. The van der Waals surface area contributed by atoms with Crippen LogP contribution >= 0.6 is 11.8 Å². The molecular weight excluding hydrogens is 292 g/mol. The predicted octanol–water partition coefficient (Wildman–Crippen LogP) is 2.42. The fourth-order valence-corrected chi connectivity index (χ4v) is 2.15. The largest absolute Gasteiger partial charge is 0.355 e. The van der Waals surface area contributed by atoms with E-state index in [1.54, 1.807) is 0 Å². The standard InChI is InChI=1S/C17H30N4S/c1-17(2,22-5)14-20-16(18-3)19-11-12-21(4)13-15-9-7-6-8-10-15/h6-10H,11-14H2,1-5H3,(H2,18,19,20). The summed E-state index contributed by atoms with van der Waals surface area (Å²) < 4.78 is 0.210. The third-order valence-electron chi connectivity index (χ3n) is 3.54. The van der Waals surface area contributed by atoms with E-state index in [1.807, 2.05) is 18.8 Å². The van der Waals surface area contributed by atoms with Crippen LogP contribution in [0, 0.1) is 0 Å². The van der Waals surface area contributed by atoms with Crippen molar-refractivity contribution >= 4 is 17.7 Å². The number of benzene rings is 1.